The van der Waals surface area contributed by atoms with Crippen LogP contribution in [-0.4, -0.2) is 57.5 Å². The number of likely N-dealkylation sites (tertiary alicyclic amines) is 1. The van der Waals surface area contributed by atoms with Crippen molar-refractivity contribution >= 4 is 18.3 Å². The molecule has 1 N–H and O–H groups in total. The highest BCUT2D eigenvalue weighted by Crippen LogP contribution is 2.33. The molecule has 1 saturated heterocycles. The van der Waals surface area contributed by atoms with Gasteiger partial charge in [-0.15, -0.1) is 0 Å². The second-order valence-electron chi connectivity index (χ2n) is 6.24. The Balaban J connectivity index is 2.29. The van der Waals surface area contributed by atoms with Gasteiger partial charge in [-0.1, -0.05) is 0 Å². The van der Waals surface area contributed by atoms with E-state index in [1.807, 2.05) is 19.9 Å². The molecule has 0 radical (unpaired) electrons. The molecule has 0 atom stereocenters. The van der Waals surface area contributed by atoms with E-state index in [0.29, 0.717) is 12.5 Å². The molecule has 1 aromatic carbocycles. The molecule has 0 unspecified atom stereocenters. The Hall–Kier alpha value is -1.92. The summed E-state index contributed by atoms with van der Waals surface area (Å²) in [4.78, 5) is 17.6. The molecule has 138 valence electrons. The molecule has 1 aromatic rings. The maximum absolute atomic E-state index is 11.0. The summed E-state index contributed by atoms with van der Waals surface area (Å²) in [6.07, 6.45) is 4.95. The topological polar surface area (TPSA) is 63.2 Å². The van der Waals surface area contributed by atoms with Gasteiger partial charge in [0.15, 0.2) is 0 Å². The molecule has 0 saturated carbocycles. The predicted octanol–water partition coefficient (Wildman–Crippen LogP) is 2.62. The van der Waals surface area contributed by atoms with Gasteiger partial charge in [-0.25, -0.2) is 0 Å². The summed E-state index contributed by atoms with van der Waals surface area (Å²) in [7, 11) is 3.41. The molecule has 1 aliphatic rings. The predicted molar refractivity (Wildman–Crippen MR) is 101 cm³/mol. The number of nitrogens with one attached hydrogen (secondary N) is 1. The molecule has 1 fully saturated rings. The lowest BCUT2D eigenvalue weighted by atomic mass is 9.98. The summed E-state index contributed by atoms with van der Waals surface area (Å²) in [6, 6.07) is 1.97. The van der Waals surface area contributed by atoms with E-state index < -0.39 is 0 Å². The fourth-order valence-corrected chi connectivity index (χ4v) is 3.41. The van der Waals surface area contributed by atoms with E-state index in [-0.39, 0.29) is 0 Å². The van der Waals surface area contributed by atoms with E-state index in [2.05, 4.69) is 15.2 Å². The second kappa shape index (κ2) is 9.53. The van der Waals surface area contributed by atoms with Gasteiger partial charge in [-0.05, 0) is 38.3 Å². The van der Waals surface area contributed by atoms with Crippen LogP contribution in [-0.2, 0) is 16.1 Å². The van der Waals surface area contributed by atoms with E-state index in [1.54, 1.807) is 20.4 Å². The molecular formula is C19H29N3O3. The molecule has 0 aromatic heterocycles. The van der Waals surface area contributed by atoms with Crippen molar-refractivity contribution in [3.05, 3.63) is 22.8 Å². The number of carbonyl (C=O) groups excluding carboxylic acids is 1. The van der Waals surface area contributed by atoms with Crippen LogP contribution >= 0.6 is 0 Å². The quantitative estimate of drug-likeness (QED) is 0.580. The SMILES string of the molecule is CCOC1CCN(Cc2c(OC)cc(C)c(NC=O)c2/C=N\C)CC1. The van der Waals surface area contributed by atoms with Gasteiger partial charge in [0.25, 0.3) is 0 Å². The molecule has 25 heavy (non-hydrogen) atoms. The number of benzene rings is 1. The van der Waals surface area contributed by atoms with Crippen LogP contribution in [0.25, 0.3) is 0 Å². The fourth-order valence-electron chi connectivity index (χ4n) is 3.41. The lowest BCUT2D eigenvalue weighted by Gasteiger charge is -2.32. The van der Waals surface area contributed by atoms with Crippen molar-refractivity contribution in [1.29, 1.82) is 0 Å². The molecule has 1 aliphatic heterocycles. The number of aryl methyl sites for hydroxylation is 1. The van der Waals surface area contributed by atoms with Crippen LogP contribution < -0.4 is 10.1 Å². The highest BCUT2D eigenvalue weighted by molar-refractivity contribution is 5.95. The van der Waals surface area contributed by atoms with Crippen LogP contribution in [0.5, 0.6) is 5.75 Å². The summed E-state index contributed by atoms with van der Waals surface area (Å²) in [6.45, 7) is 7.51. The number of carbonyl (C=O) groups is 1. The first-order chi connectivity index (χ1) is 12.1. The number of aliphatic imine (C=N–C) groups is 1. The van der Waals surface area contributed by atoms with Gasteiger partial charge in [0.2, 0.25) is 6.41 Å². The number of methoxy groups -OCH3 is 1. The van der Waals surface area contributed by atoms with Crippen molar-refractivity contribution in [2.24, 2.45) is 4.99 Å². The number of nitrogens with zero attached hydrogens (tertiary/aromatic N) is 2. The third kappa shape index (κ3) is 4.80. The zero-order valence-electron chi connectivity index (χ0n) is 15.7. The number of rotatable bonds is 8. The monoisotopic (exact) mass is 347 g/mol. The van der Waals surface area contributed by atoms with Crippen molar-refractivity contribution in [3.8, 4) is 5.75 Å². The Morgan fingerprint density at radius 3 is 2.68 bits per heavy atom. The molecule has 6 nitrogen and oxygen atoms in total. The first-order valence-corrected chi connectivity index (χ1v) is 8.81. The Morgan fingerprint density at radius 2 is 2.12 bits per heavy atom. The van der Waals surface area contributed by atoms with Crippen molar-refractivity contribution in [3.63, 3.8) is 0 Å². The van der Waals surface area contributed by atoms with Gasteiger partial charge in [-0.3, -0.25) is 14.7 Å². The average molecular weight is 347 g/mol. The molecular weight excluding hydrogens is 318 g/mol. The highest BCUT2D eigenvalue weighted by atomic mass is 16.5. The van der Waals surface area contributed by atoms with Crippen LogP contribution in [0.15, 0.2) is 11.1 Å². The third-order valence-corrected chi connectivity index (χ3v) is 4.63. The number of anilines is 1. The van der Waals surface area contributed by atoms with Crippen LogP contribution in [0, 0.1) is 6.92 Å². The molecule has 0 spiro atoms. The Kier molecular flexibility index (Phi) is 7.40. The summed E-state index contributed by atoms with van der Waals surface area (Å²) in [5, 5.41) is 2.82. The van der Waals surface area contributed by atoms with Crippen LogP contribution in [0.3, 0.4) is 0 Å². The maximum Gasteiger partial charge on any atom is 0.211 e. The van der Waals surface area contributed by atoms with E-state index in [4.69, 9.17) is 9.47 Å². The number of hydrogen-bond donors (Lipinski definition) is 1. The Labute approximate surface area is 150 Å². The van der Waals surface area contributed by atoms with Crippen molar-refractivity contribution < 1.29 is 14.3 Å². The van der Waals surface area contributed by atoms with Crippen LogP contribution in [0.4, 0.5) is 5.69 Å². The van der Waals surface area contributed by atoms with Crippen molar-refractivity contribution in [2.75, 3.05) is 39.2 Å². The first-order valence-electron chi connectivity index (χ1n) is 8.81. The minimum Gasteiger partial charge on any atom is -0.496 e. The Bertz CT molecular complexity index is 608. The molecule has 1 amide bonds. The lowest BCUT2D eigenvalue weighted by molar-refractivity contribution is -0.105. The van der Waals surface area contributed by atoms with Gasteiger partial charge >= 0.3 is 0 Å². The zero-order chi connectivity index (χ0) is 18.2. The minimum atomic E-state index is 0.366. The van der Waals surface area contributed by atoms with Crippen LogP contribution in [0.1, 0.15) is 36.5 Å². The summed E-state index contributed by atoms with van der Waals surface area (Å²) >= 11 is 0. The maximum atomic E-state index is 11.0. The van der Waals surface area contributed by atoms with E-state index in [9.17, 15) is 4.79 Å². The van der Waals surface area contributed by atoms with Gasteiger partial charge in [0, 0.05) is 50.6 Å². The van der Waals surface area contributed by atoms with E-state index in [0.717, 1.165) is 67.2 Å². The number of piperidine rings is 1. The number of amides is 1. The van der Waals surface area contributed by atoms with Crippen molar-refractivity contribution in [2.45, 2.75) is 39.3 Å². The molecule has 6 heteroatoms. The normalized spacial score (nSPS) is 16.3. The summed E-state index contributed by atoms with van der Waals surface area (Å²) in [5.41, 5.74) is 3.72. The van der Waals surface area contributed by atoms with E-state index in [1.165, 1.54) is 0 Å². The molecule has 2 rings (SSSR count). The summed E-state index contributed by atoms with van der Waals surface area (Å²) in [5.74, 6) is 0.829. The molecule has 0 aliphatic carbocycles. The number of hydrogen-bond acceptors (Lipinski definition) is 5. The molecule has 0 bridgehead atoms. The molecule has 1 heterocycles. The van der Waals surface area contributed by atoms with Gasteiger partial charge < -0.3 is 14.8 Å². The van der Waals surface area contributed by atoms with Crippen molar-refractivity contribution in [1.82, 2.24) is 4.90 Å². The average Bonchev–Trinajstić information content (AvgIpc) is 2.62. The van der Waals surface area contributed by atoms with E-state index >= 15 is 0 Å². The summed E-state index contributed by atoms with van der Waals surface area (Å²) < 4.78 is 11.4. The zero-order valence-corrected chi connectivity index (χ0v) is 15.7. The lowest BCUT2D eigenvalue weighted by Crippen LogP contribution is -2.37. The minimum absolute atomic E-state index is 0.366. The standard InChI is InChI=1S/C19H29N3O3/c1-5-25-15-6-8-22(9-7-15)12-17-16(11-20-3)19(21-13-23)14(2)10-18(17)24-4/h10-11,13,15H,5-9,12H2,1-4H3,(H,21,23)/b20-11-. The fraction of sp³-hybridized carbons (Fsp3) is 0.579. The smallest absolute Gasteiger partial charge is 0.211 e. The second-order valence-corrected chi connectivity index (χ2v) is 6.24. The van der Waals surface area contributed by atoms with Gasteiger partial charge in [-0.2, -0.15) is 0 Å². The first kappa shape index (κ1) is 19.4. The largest absolute Gasteiger partial charge is 0.496 e. The van der Waals surface area contributed by atoms with Crippen LogP contribution in [0.2, 0.25) is 0 Å². The van der Waals surface area contributed by atoms with Gasteiger partial charge in [0.05, 0.1) is 18.9 Å². The van der Waals surface area contributed by atoms with Gasteiger partial charge in [0.1, 0.15) is 5.75 Å². The number of ether oxygens (including phenoxy) is 2. The Morgan fingerprint density at radius 1 is 1.40 bits per heavy atom. The third-order valence-electron chi connectivity index (χ3n) is 4.63. The highest BCUT2D eigenvalue weighted by Gasteiger charge is 2.23.